The summed E-state index contributed by atoms with van der Waals surface area (Å²) in [5.41, 5.74) is 6.13. The van der Waals surface area contributed by atoms with Gasteiger partial charge in [0.15, 0.2) is 11.2 Å². The number of imidazole rings is 1. The molecule has 0 fully saturated rings. The van der Waals surface area contributed by atoms with Crippen LogP contribution in [0.15, 0.2) is 11.1 Å². The second-order valence-electron chi connectivity index (χ2n) is 8.10. The molecule has 0 radical (unpaired) electrons. The van der Waals surface area contributed by atoms with Gasteiger partial charge in [0.2, 0.25) is 11.8 Å². The fraction of sp³-hybridized carbons (Fsp3) is 0.714. The van der Waals surface area contributed by atoms with Crippen LogP contribution in [-0.2, 0) is 11.3 Å². The number of nitrogens with zero attached hydrogens (tertiary/aromatic N) is 3. The van der Waals surface area contributed by atoms with E-state index in [9.17, 15) is 19.5 Å². The van der Waals surface area contributed by atoms with Crippen LogP contribution in [0.2, 0.25) is 0 Å². The molecule has 0 aromatic carbocycles. The van der Waals surface area contributed by atoms with E-state index in [0.29, 0.717) is 24.3 Å². The molecule has 10 heteroatoms. The van der Waals surface area contributed by atoms with Gasteiger partial charge in [0.25, 0.3) is 5.56 Å². The first kappa shape index (κ1) is 24.8. The van der Waals surface area contributed by atoms with Crippen molar-refractivity contribution in [2.75, 3.05) is 6.54 Å². The van der Waals surface area contributed by atoms with E-state index in [1.807, 2.05) is 0 Å². The lowest BCUT2D eigenvalue weighted by Crippen LogP contribution is -2.47. The van der Waals surface area contributed by atoms with Gasteiger partial charge < -0.3 is 21.1 Å². The minimum Gasteiger partial charge on any atom is -0.391 e. The molecule has 0 bridgehead atoms. The molecule has 0 saturated carbocycles. The zero-order valence-corrected chi connectivity index (χ0v) is 18.6. The van der Waals surface area contributed by atoms with Gasteiger partial charge in [0, 0.05) is 20.0 Å². The van der Waals surface area contributed by atoms with E-state index in [1.165, 1.54) is 29.5 Å². The number of H-pyrrole nitrogens is 1. The molecule has 0 spiro atoms. The zero-order chi connectivity index (χ0) is 22.8. The summed E-state index contributed by atoms with van der Waals surface area (Å²) in [6.07, 6.45) is 10.1. The third-order valence-electron chi connectivity index (χ3n) is 5.48. The highest BCUT2D eigenvalue weighted by molar-refractivity contribution is 5.85. The Bertz CT molecular complexity index is 897. The maximum Gasteiger partial charge on any atom is 0.293 e. The highest BCUT2D eigenvalue weighted by Crippen LogP contribution is 2.11. The van der Waals surface area contributed by atoms with Gasteiger partial charge in [-0.15, -0.1) is 0 Å². The zero-order valence-electron chi connectivity index (χ0n) is 18.6. The second-order valence-corrected chi connectivity index (χ2v) is 8.10. The maximum absolute atomic E-state index is 12.4. The second kappa shape index (κ2) is 12.4. The first-order valence-corrected chi connectivity index (χ1v) is 11.2. The Hall–Kier alpha value is -2.46. The first-order chi connectivity index (χ1) is 14.8. The van der Waals surface area contributed by atoms with E-state index >= 15 is 0 Å². The van der Waals surface area contributed by atoms with Crippen LogP contribution in [0.3, 0.4) is 0 Å². The van der Waals surface area contributed by atoms with Crippen molar-refractivity contribution in [3.8, 4) is 0 Å². The molecule has 10 nitrogen and oxygen atoms in total. The number of rotatable bonds is 14. The first-order valence-electron chi connectivity index (χ1n) is 11.2. The molecule has 0 aliphatic carbocycles. The highest BCUT2D eigenvalue weighted by atomic mass is 16.3. The number of hydrogen-bond acceptors (Lipinski definition) is 6. The van der Waals surface area contributed by atoms with Crippen LogP contribution in [0, 0.1) is 0 Å². The summed E-state index contributed by atoms with van der Waals surface area (Å²) >= 11 is 0. The molecule has 2 rings (SSSR count). The Morgan fingerprint density at radius 3 is 2.29 bits per heavy atom. The molecule has 0 saturated heterocycles. The van der Waals surface area contributed by atoms with Crippen LogP contribution in [0.5, 0.6) is 0 Å². The molecule has 2 aromatic rings. The fourth-order valence-corrected chi connectivity index (χ4v) is 3.63. The van der Waals surface area contributed by atoms with E-state index in [0.717, 1.165) is 57.8 Å². The monoisotopic (exact) mass is 436 g/mol. The molecule has 0 aliphatic rings. The van der Waals surface area contributed by atoms with Crippen LogP contribution < -0.4 is 16.6 Å². The number of hydrogen-bond donors (Lipinski definition) is 4. The Morgan fingerprint density at radius 1 is 1.13 bits per heavy atom. The summed E-state index contributed by atoms with van der Waals surface area (Å²) in [5.74, 6) is -0.522. The molecule has 174 valence electrons. The molecule has 1 amide bonds. The number of carbonyl (C=O) groups is 2. The number of unbranched alkanes of at least 4 members (excludes halogenated alkanes) is 8. The van der Waals surface area contributed by atoms with E-state index < -0.39 is 12.1 Å². The predicted molar refractivity (Wildman–Crippen MR) is 119 cm³/mol. The summed E-state index contributed by atoms with van der Waals surface area (Å²) in [6, 6.07) is -0.864. The quantitative estimate of drug-likeness (QED) is 0.330. The molecule has 1 unspecified atom stereocenters. The Balaban J connectivity index is 1.52. The van der Waals surface area contributed by atoms with Gasteiger partial charge in [0.1, 0.15) is 6.04 Å². The normalized spacial score (nSPS) is 13.4. The van der Waals surface area contributed by atoms with Gasteiger partial charge in [0.05, 0.1) is 12.4 Å². The molecular weight excluding hydrogens is 400 g/mol. The van der Waals surface area contributed by atoms with Crippen molar-refractivity contribution in [3.05, 3.63) is 16.7 Å². The molecule has 5 N–H and O–H groups in total. The molecule has 2 aromatic heterocycles. The number of nitrogens with one attached hydrogen (secondary N) is 2. The highest BCUT2D eigenvalue weighted by Gasteiger charge is 2.18. The van der Waals surface area contributed by atoms with Crippen LogP contribution in [0.1, 0.15) is 76.4 Å². The number of carbonyl (C=O) groups excluding carboxylic acids is 2. The lowest BCUT2D eigenvalue weighted by atomic mass is 10.1. The van der Waals surface area contributed by atoms with E-state index in [2.05, 4.69) is 15.3 Å². The van der Waals surface area contributed by atoms with Crippen molar-refractivity contribution in [2.24, 2.45) is 5.73 Å². The van der Waals surface area contributed by atoms with Gasteiger partial charge in [-0.2, -0.15) is 4.68 Å². The maximum atomic E-state index is 12.4. The van der Waals surface area contributed by atoms with E-state index in [-0.39, 0.29) is 17.4 Å². The summed E-state index contributed by atoms with van der Waals surface area (Å²) in [7, 11) is 0. The summed E-state index contributed by atoms with van der Waals surface area (Å²) < 4.78 is 2.83. The fourth-order valence-electron chi connectivity index (χ4n) is 3.63. The number of aromatic amines is 1. The third kappa shape index (κ3) is 7.03. The summed E-state index contributed by atoms with van der Waals surface area (Å²) in [4.78, 5) is 42.8. The summed E-state index contributed by atoms with van der Waals surface area (Å²) in [6.45, 7) is 4.03. The van der Waals surface area contributed by atoms with Gasteiger partial charge in [-0.3, -0.25) is 14.4 Å². The molecule has 0 aliphatic heterocycles. The summed E-state index contributed by atoms with van der Waals surface area (Å²) in [5, 5.41) is 12.0. The Kier molecular flexibility index (Phi) is 9.93. The van der Waals surface area contributed by atoms with Crippen molar-refractivity contribution in [2.45, 2.75) is 90.3 Å². The third-order valence-corrected chi connectivity index (χ3v) is 5.48. The molecule has 2 heterocycles. The lowest BCUT2D eigenvalue weighted by molar-refractivity contribution is -0.124. The lowest BCUT2D eigenvalue weighted by Gasteiger charge is -2.14. The van der Waals surface area contributed by atoms with Crippen LogP contribution in [0.25, 0.3) is 11.2 Å². The van der Waals surface area contributed by atoms with Gasteiger partial charge in [-0.05, 0) is 19.8 Å². The number of nitrogens with two attached hydrogens (primary N) is 1. The van der Waals surface area contributed by atoms with Crippen molar-refractivity contribution in [1.82, 2.24) is 24.6 Å². The standard InChI is InChI=1S/C21H36N6O4/c1-15(28)17(22)20(30)23-12-10-8-6-4-3-5-7-9-11-13-26-21(31)18-19(25-14-24-18)27(26)16(2)29/h14-15,17,28H,3-13,22H2,1-2H3,(H,23,30)(H,24,25)/t15-,17?/m1/s1. The van der Waals surface area contributed by atoms with E-state index in [4.69, 9.17) is 5.73 Å². The number of aromatic nitrogens is 4. The Morgan fingerprint density at radius 2 is 1.71 bits per heavy atom. The number of fused-ring (bicyclic) bond motifs is 1. The van der Waals surface area contributed by atoms with Crippen LogP contribution in [0.4, 0.5) is 0 Å². The topological polar surface area (TPSA) is 148 Å². The number of aliphatic hydroxyl groups is 1. The van der Waals surface area contributed by atoms with Gasteiger partial charge in [-0.25, -0.2) is 9.67 Å². The van der Waals surface area contributed by atoms with Crippen molar-refractivity contribution < 1.29 is 14.7 Å². The molecule has 2 atom stereocenters. The van der Waals surface area contributed by atoms with Gasteiger partial charge in [-0.1, -0.05) is 44.9 Å². The van der Waals surface area contributed by atoms with Crippen LogP contribution >= 0.6 is 0 Å². The number of aliphatic hydroxyl groups excluding tert-OH is 1. The average Bonchev–Trinajstić information content (AvgIpc) is 3.30. The average molecular weight is 437 g/mol. The van der Waals surface area contributed by atoms with Crippen molar-refractivity contribution in [3.63, 3.8) is 0 Å². The molecule has 31 heavy (non-hydrogen) atoms. The van der Waals surface area contributed by atoms with Crippen LogP contribution in [-0.4, -0.2) is 54.9 Å². The van der Waals surface area contributed by atoms with Crippen molar-refractivity contribution >= 4 is 23.0 Å². The largest absolute Gasteiger partial charge is 0.391 e. The Labute approximate surface area is 182 Å². The number of amides is 1. The minimum atomic E-state index is -0.864. The smallest absolute Gasteiger partial charge is 0.293 e. The predicted octanol–water partition coefficient (Wildman–Crippen LogP) is 1.52. The van der Waals surface area contributed by atoms with Gasteiger partial charge >= 0.3 is 0 Å². The SMILES string of the molecule is CC(=O)n1c2nc[nH]c2c(=O)n1CCCCCCCCCCCNC(=O)C(N)[C@@H](C)O. The van der Waals surface area contributed by atoms with E-state index in [1.54, 1.807) is 0 Å². The van der Waals surface area contributed by atoms with Crippen molar-refractivity contribution in [1.29, 1.82) is 0 Å². The minimum absolute atomic E-state index is 0.202. The molecular formula is C21H36N6O4.